The predicted octanol–water partition coefficient (Wildman–Crippen LogP) is 3.85. The largest absolute Gasteiger partial charge is 0.497 e. The summed E-state index contributed by atoms with van der Waals surface area (Å²) in [5.74, 6) is -0.0992. The molecule has 0 saturated heterocycles. The summed E-state index contributed by atoms with van der Waals surface area (Å²) in [5.41, 5.74) is 2.50. The van der Waals surface area contributed by atoms with Gasteiger partial charge in [0, 0.05) is 6.54 Å². The van der Waals surface area contributed by atoms with Gasteiger partial charge in [0.1, 0.15) is 5.75 Å². The number of rotatable bonds is 6. The molecule has 5 nitrogen and oxygen atoms in total. The van der Waals surface area contributed by atoms with Crippen LogP contribution in [-0.4, -0.2) is 25.1 Å². The van der Waals surface area contributed by atoms with Gasteiger partial charge in [0.15, 0.2) is 6.10 Å². The van der Waals surface area contributed by atoms with Crippen LogP contribution < -0.4 is 10.1 Å². The Labute approximate surface area is 160 Å². The fourth-order valence-corrected chi connectivity index (χ4v) is 2.46. The van der Waals surface area contributed by atoms with Gasteiger partial charge < -0.3 is 14.8 Å². The average Bonchev–Trinajstić information content (AvgIpc) is 2.65. The van der Waals surface area contributed by atoms with Gasteiger partial charge in [0.25, 0.3) is 5.91 Å². The Morgan fingerprint density at radius 1 is 1.00 bits per heavy atom. The molecule has 2 aromatic carbocycles. The van der Waals surface area contributed by atoms with E-state index in [1.54, 1.807) is 26.2 Å². The van der Waals surface area contributed by atoms with Crippen molar-refractivity contribution in [2.45, 2.75) is 45.8 Å². The van der Waals surface area contributed by atoms with Crippen molar-refractivity contribution in [1.29, 1.82) is 0 Å². The van der Waals surface area contributed by atoms with Crippen molar-refractivity contribution in [3.63, 3.8) is 0 Å². The highest BCUT2D eigenvalue weighted by molar-refractivity contribution is 5.92. The molecule has 27 heavy (non-hydrogen) atoms. The molecule has 0 aliphatic carbocycles. The van der Waals surface area contributed by atoms with Crippen LogP contribution in [0.1, 0.15) is 49.2 Å². The van der Waals surface area contributed by atoms with E-state index in [1.807, 2.05) is 36.4 Å². The molecule has 0 unspecified atom stereocenters. The maximum Gasteiger partial charge on any atom is 0.338 e. The van der Waals surface area contributed by atoms with Gasteiger partial charge in [0.2, 0.25) is 0 Å². The van der Waals surface area contributed by atoms with Gasteiger partial charge in [0.05, 0.1) is 12.7 Å². The number of nitrogens with one attached hydrogen (secondary N) is 1. The maximum absolute atomic E-state index is 12.2. The summed E-state index contributed by atoms with van der Waals surface area (Å²) >= 11 is 0. The van der Waals surface area contributed by atoms with E-state index in [4.69, 9.17) is 9.47 Å². The highest BCUT2D eigenvalue weighted by Crippen LogP contribution is 2.22. The number of esters is 1. The van der Waals surface area contributed by atoms with Crippen LogP contribution in [0.25, 0.3) is 0 Å². The topological polar surface area (TPSA) is 64.6 Å². The molecule has 0 heterocycles. The molecule has 1 amide bonds. The van der Waals surface area contributed by atoms with Crippen LogP contribution in [-0.2, 0) is 21.5 Å². The normalized spacial score (nSPS) is 12.2. The van der Waals surface area contributed by atoms with E-state index in [1.165, 1.54) is 0 Å². The van der Waals surface area contributed by atoms with E-state index in [0.29, 0.717) is 12.1 Å². The maximum atomic E-state index is 12.2. The number of methoxy groups -OCH3 is 1. The van der Waals surface area contributed by atoms with Crippen molar-refractivity contribution in [2.75, 3.05) is 7.11 Å². The number of carbonyl (C=O) groups is 2. The minimum Gasteiger partial charge on any atom is -0.497 e. The van der Waals surface area contributed by atoms with Crippen LogP contribution in [0, 0.1) is 0 Å². The van der Waals surface area contributed by atoms with Crippen LogP contribution in [0.3, 0.4) is 0 Å². The third-order valence-electron chi connectivity index (χ3n) is 4.27. The Kier molecular flexibility index (Phi) is 6.61. The SMILES string of the molecule is COc1ccc(CNC(=O)[C@H](C)OC(=O)c2ccc(C(C)(C)C)cc2)cc1. The van der Waals surface area contributed by atoms with Crippen LogP contribution in [0.4, 0.5) is 0 Å². The van der Waals surface area contributed by atoms with Crippen LogP contribution in [0.5, 0.6) is 5.75 Å². The number of hydrogen-bond acceptors (Lipinski definition) is 4. The summed E-state index contributed by atoms with van der Waals surface area (Å²) in [4.78, 5) is 24.4. The minimum absolute atomic E-state index is 0.0110. The summed E-state index contributed by atoms with van der Waals surface area (Å²) < 4.78 is 10.4. The van der Waals surface area contributed by atoms with Crippen molar-refractivity contribution < 1.29 is 19.1 Å². The van der Waals surface area contributed by atoms with Crippen molar-refractivity contribution in [3.05, 3.63) is 65.2 Å². The van der Waals surface area contributed by atoms with Gasteiger partial charge in [-0.05, 0) is 47.7 Å². The van der Waals surface area contributed by atoms with Gasteiger partial charge in [-0.2, -0.15) is 0 Å². The van der Waals surface area contributed by atoms with Crippen molar-refractivity contribution >= 4 is 11.9 Å². The van der Waals surface area contributed by atoms with E-state index in [2.05, 4.69) is 26.1 Å². The lowest BCUT2D eigenvalue weighted by Gasteiger charge is -2.19. The zero-order chi connectivity index (χ0) is 20.0. The lowest BCUT2D eigenvalue weighted by Crippen LogP contribution is -2.35. The summed E-state index contributed by atoms with van der Waals surface area (Å²) in [6.07, 6.45) is -0.877. The van der Waals surface area contributed by atoms with Crippen molar-refractivity contribution in [2.24, 2.45) is 0 Å². The Bertz CT molecular complexity index is 773. The second-order valence-electron chi connectivity index (χ2n) is 7.44. The van der Waals surface area contributed by atoms with Gasteiger partial charge in [-0.15, -0.1) is 0 Å². The van der Waals surface area contributed by atoms with E-state index in [-0.39, 0.29) is 11.3 Å². The molecule has 144 valence electrons. The predicted molar refractivity (Wildman–Crippen MR) is 105 cm³/mol. The molecule has 0 aliphatic heterocycles. The van der Waals surface area contributed by atoms with E-state index in [0.717, 1.165) is 16.9 Å². The highest BCUT2D eigenvalue weighted by atomic mass is 16.5. The van der Waals surface area contributed by atoms with E-state index in [9.17, 15) is 9.59 Å². The third kappa shape index (κ3) is 5.84. The molecule has 1 N–H and O–H groups in total. The summed E-state index contributed by atoms with van der Waals surface area (Å²) in [6.45, 7) is 8.23. The van der Waals surface area contributed by atoms with E-state index < -0.39 is 12.1 Å². The molecule has 0 saturated carbocycles. The first-order valence-corrected chi connectivity index (χ1v) is 8.93. The number of amides is 1. The van der Waals surface area contributed by atoms with Crippen molar-refractivity contribution in [3.8, 4) is 5.75 Å². The van der Waals surface area contributed by atoms with Crippen LogP contribution >= 0.6 is 0 Å². The second kappa shape index (κ2) is 8.71. The highest BCUT2D eigenvalue weighted by Gasteiger charge is 2.20. The summed E-state index contributed by atoms with van der Waals surface area (Å²) in [6, 6.07) is 14.7. The second-order valence-corrected chi connectivity index (χ2v) is 7.44. The fraction of sp³-hybridized carbons (Fsp3) is 0.364. The molecule has 0 radical (unpaired) electrons. The standard InChI is InChI=1S/C22H27NO4/c1-15(20(24)23-14-16-6-12-19(26-5)13-7-16)27-21(25)17-8-10-18(11-9-17)22(2,3)4/h6-13,15H,14H2,1-5H3,(H,23,24)/t15-/m0/s1. The molecular weight excluding hydrogens is 342 g/mol. The zero-order valence-corrected chi connectivity index (χ0v) is 16.5. The Morgan fingerprint density at radius 3 is 2.11 bits per heavy atom. The molecule has 0 fully saturated rings. The number of ether oxygens (including phenoxy) is 2. The van der Waals surface area contributed by atoms with Gasteiger partial charge in [-0.1, -0.05) is 45.0 Å². The molecule has 2 rings (SSSR count). The van der Waals surface area contributed by atoms with Gasteiger partial charge in [-0.25, -0.2) is 4.79 Å². The Hall–Kier alpha value is -2.82. The quantitative estimate of drug-likeness (QED) is 0.786. The molecule has 2 aromatic rings. The molecule has 0 aliphatic rings. The zero-order valence-electron chi connectivity index (χ0n) is 16.5. The first kappa shape index (κ1) is 20.5. The van der Waals surface area contributed by atoms with Crippen LogP contribution in [0.15, 0.2) is 48.5 Å². The smallest absolute Gasteiger partial charge is 0.338 e. The van der Waals surface area contributed by atoms with E-state index >= 15 is 0 Å². The first-order valence-electron chi connectivity index (χ1n) is 8.93. The van der Waals surface area contributed by atoms with Crippen molar-refractivity contribution in [1.82, 2.24) is 5.32 Å². The number of carbonyl (C=O) groups excluding carboxylic acids is 2. The molecular formula is C22H27NO4. The van der Waals surface area contributed by atoms with Crippen LogP contribution in [0.2, 0.25) is 0 Å². The fourth-order valence-electron chi connectivity index (χ4n) is 2.46. The van der Waals surface area contributed by atoms with Gasteiger partial charge >= 0.3 is 5.97 Å². The average molecular weight is 369 g/mol. The molecule has 1 atom stereocenters. The minimum atomic E-state index is -0.877. The summed E-state index contributed by atoms with van der Waals surface area (Å²) in [7, 11) is 1.60. The lowest BCUT2D eigenvalue weighted by molar-refractivity contribution is -0.129. The Morgan fingerprint density at radius 2 is 1.59 bits per heavy atom. The number of hydrogen-bond donors (Lipinski definition) is 1. The third-order valence-corrected chi connectivity index (χ3v) is 4.27. The first-order chi connectivity index (χ1) is 12.7. The Balaban J connectivity index is 1.88. The molecule has 0 bridgehead atoms. The lowest BCUT2D eigenvalue weighted by atomic mass is 9.87. The molecule has 0 aromatic heterocycles. The van der Waals surface area contributed by atoms with Gasteiger partial charge in [-0.3, -0.25) is 4.79 Å². The number of benzene rings is 2. The molecule has 5 heteroatoms. The monoisotopic (exact) mass is 369 g/mol. The summed E-state index contributed by atoms with van der Waals surface area (Å²) in [5, 5.41) is 2.77. The molecule has 0 spiro atoms.